The number of hydrogen-bond donors (Lipinski definition) is 1. The molecular formula is C18H15N5O2. The van der Waals surface area contributed by atoms with Gasteiger partial charge in [-0.3, -0.25) is 14.6 Å². The average Bonchev–Trinajstić information content (AvgIpc) is 2.92. The van der Waals surface area contributed by atoms with E-state index in [0.29, 0.717) is 11.1 Å². The number of rotatable bonds is 3. The molecule has 3 heterocycles. The van der Waals surface area contributed by atoms with Crippen molar-refractivity contribution in [3.05, 3.63) is 54.0 Å². The molecule has 1 aromatic rings. The topological polar surface area (TPSA) is 124 Å². The Morgan fingerprint density at radius 3 is 2.60 bits per heavy atom. The van der Waals surface area contributed by atoms with Crippen molar-refractivity contribution in [3.63, 3.8) is 0 Å². The second-order valence-electron chi connectivity index (χ2n) is 6.10. The minimum absolute atomic E-state index is 0.178. The molecule has 7 nitrogen and oxygen atoms in total. The van der Waals surface area contributed by atoms with Crippen molar-refractivity contribution in [2.75, 3.05) is 0 Å². The lowest BCUT2D eigenvalue weighted by Crippen LogP contribution is -2.43. The number of Topliss-reactive ketones (excluding diaryl/α,β-unsaturated/α-hetero) is 1. The van der Waals surface area contributed by atoms with Crippen molar-refractivity contribution in [2.24, 2.45) is 11.1 Å². The summed E-state index contributed by atoms with van der Waals surface area (Å²) in [5.74, 6) is -1.63. The highest BCUT2D eigenvalue weighted by atomic mass is 16.1. The first-order valence-corrected chi connectivity index (χ1v) is 7.66. The molecule has 25 heavy (non-hydrogen) atoms. The molecule has 2 N–H and O–H groups in total. The highest BCUT2D eigenvalue weighted by Crippen LogP contribution is 2.52. The van der Waals surface area contributed by atoms with Crippen LogP contribution in [0.5, 0.6) is 0 Å². The number of nitrogens with two attached hydrogens (primary N) is 1. The van der Waals surface area contributed by atoms with E-state index >= 15 is 0 Å². The van der Waals surface area contributed by atoms with Crippen LogP contribution in [-0.2, 0) is 9.59 Å². The third-order valence-corrected chi connectivity index (χ3v) is 4.77. The Kier molecular flexibility index (Phi) is 3.86. The van der Waals surface area contributed by atoms with Gasteiger partial charge >= 0.3 is 0 Å². The first kappa shape index (κ1) is 16.4. The Balaban J connectivity index is 2.24. The van der Waals surface area contributed by atoms with Crippen LogP contribution in [0.25, 0.3) is 0 Å². The molecule has 3 atom stereocenters. The standard InChI is InChI=1S/C18H15N5O2/c1-11(24)13-4-5-14-18(9-19,10-20)15(12-3-2-6-22-7-12)16(17(21)25)23(14)8-13/h2-8,14-16H,1H3,(H2,21,25)/t14-,15-,16+/m1/s1. The fourth-order valence-corrected chi connectivity index (χ4v) is 3.64. The van der Waals surface area contributed by atoms with Crippen LogP contribution in [0.15, 0.2) is 48.5 Å². The van der Waals surface area contributed by atoms with Gasteiger partial charge in [-0.15, -0.1) is 0 Å². The number of carbonyl (C=O) groups is 2. The molecule has 1 fully saturated rings. The summed E-state index contributed by atoms with van der Waals surface area (Å²) < 4.78 is 0. The highest BCUT2D eigenvalue weighted by molar-refractivity contribution is 5.96. The fraction of sp³-hybridized carbons (Fsp3) is 0.278. The molecule has 0 aromatic carbocycles. The van der Waals surface area contributed by atoms with Gasteiger partial charge in [0.05, 0.1) is 18.2 Å². The fourth-order valence-electron chi connectivity index (χ4n) is 3.64. The lowest BCUT2D eigenvalue weighted by atomic mass is 9.70. The molecule has 1 aromatic heterocycles. The third-order valence-electron chi connectivity index (χ3n) is 4.77. The third kappa shape index (κ3) is 2.29. The van der Waals surface area contributed by atoms with E-state index in [1.54, 1.807) is 35.4 Å². The first-order chi connectivity index (χ1) is 12.0. The smallest absolute Gasteiger partial charge is 0.240 e. The maximum Gasteiger partial charge on any atom is 0.240 e. The summed E-state index contributed by atoms with van der Waals surface area (Å²) in [6.45, 7) is 1.41. The summed E-state index contributed by atoms with van der Waals surface area (Å²) in [7, 11) is 0. The van der Waals surface area contributed by atoms with Crippen molar-refractivity contribution in [1.29, 1.82) is 10.5 Å². The predicted molar refractivity (Wildman–Crippen MR) is 87.2 cm³/mol. The largest absolute Gasteiger partial charge is 0.368 e. The molecule has 2 aliphatic heterocycles. The van der Waals surface area contributed by atoms with Crippen LogP contribution in [-0.4, -0.2) is 33.7 Å². The molecule has 0 unspecified atom stereocenters. The van der Waals surface area contributed by atoms with E-state index in [1.165, 1.54) is 19.3 Å². The van der Waals surface area contributed by atoms with E-state index in [0.717, 1.165) is 0 Å². The molecule has 1 saturated heterocycles. The highest BCUT2D eigenvalue weighted by Gasteiger charge is 2.62. The van der Waals surface area contributed by atoms with Crippen LogP contribution in [0, 0.1) is 28.1 Å². The van der Waals surface area contributed by atoms with Gasteiger partial charge in [-0.2, -0.15) is 10.5 Å². The van der Waals surface area contributed by atoms with Crippen LogP contribution < -0.4 is 5.73 Å². The number of fused-ring (bicyclic) bond motifs is 1. The van der Waals surface area contributed by atoms with Crippen molar-refractivity contribution < 1.29 is 9.59 Å². The second-order valence-corrected chi connectivity index (χ2v) is 6.10. The van der Waals surface area contributed by atoms with E-state index in [1.807, 2.05) is 0 Å². The zero-order valence-corrected chi connectivity index (χ0v) is 13.5. The summed E-state index contributed by atoms with van der Waals surface area (Å²) in [6, 6.07) is 5.97. The van der Waals surface area contributed by atoms with E-state index < -0.39 is 29.3 Å². The summed E-state index contributed by atoms with van der Waals surface area (Å²) in [5.41, 5.74) is 5.06. The summed E-state index contributed by atoms with van der Waals surface area (Å²) in [6.07, 6.45) is 7.81. The van der Waals surface area contributed by atoms with Gasteiger partial charge in [-0.1, -0.05) is 18.2 Å². The zero-order chi connectivity index (χ0) is 18.2. The number of amides is 1. The van der Waals surface area contributed by atoms with E-state index in [9.17, 15) is 20.1 Å². The van der Waals surface area contributed by atoms with Gasteiger partial charge in [0, 0.05) is 30.1 Å². The monoisotopic (exact) mass is 333 g/mol. The van der Waals surface area contributed by atoms with E-state index in [2.05, 4.69) is 17.1 Å². The molecule has 0 aliphatic carbocycles. The normalized spacial score (nSPS) is 26.1. The average molecular weight is 333 g/mol. The summed E-state index contributed by atoms with van der Waals surface area (Å²) in [4.78, 5) is 29.6. The number of allylic oxidation sites excluding steroid dienone is 2. The van der Waals surface area contributed by atoms with Crippen LogP contribution in [0.2, 0.25) is 0 Å². The molecule has 7 heteroatoms. The Bertz CT molecular complexity index is 861. The maximum absolute atomic E-state index is 12.2. The van der Waals surface area contributed by atoms with Gasteiger partial charge in [0.2, 0.25) is 5.91 Å². The van der Waals surface area contributed by atoms with Gasteiger partial charge in [-0.25, -0.2) is 0 Å². The Hall–Kier alpha value is -3.45. The van der Waals surface area contributed by atoms with Gasteiger partial charge in [-0.05, 0) is 18.6 Å². The number of pyridine rings is 1. The molecule has 0 bridgehead atoms. The number of hydrogen-bond acceptors (Lipinski definition) is 6. The van der Waals surface area contributed by atoms with E-state index in [4.69, 9.17) is 5.73 Å². The molecule has 0 radical (unpaired) electrons. The lowest BCUT2D eigenvalue weighted by molar-refractivity contribution is -0.122. The lowest BCUT2D eigenvalue weighted by Gasteiger charge is -2.30. The first-order valence-electron chi connectivity index (χ1n) is 7.66. The Morgan fingerprint density at radius 2 is 2.08 bits per heavy atom. The molecule has 0 spiro atoms. The number of ketones is 1. The van der Waals surface area contributed by atoms with Crippen LogP contribution >= 0.6 is 0 Å². The Labute approximate surface area is 144 Å². The van der Waals surface area contributed by atoms with Gasteiger partial charge < -0.3 is 10.6 Å². The number of carbonyl (C=O) groups excluding carboxylic acids is 2. The predicted octanol–water partition coefficient (Wildman–Crippen LogP) is 0.780. The van der Waals surface area contributed by atoms with Crippen molar-refractivity contribution in [1.82, 2.24) is 9.88 Å². The molecule has 2 aliphatic rings. The van der Waals surface area contributed by atoms with Crippen LogP contribution in [0.4, 0.5) is 0 Å². The van der Waals surface area contributed by atoms with Crippen molar-refractivity contribution in [3.8, 4) is 12.1 Å². The summed E-state index contributed by atoms with van der Waals surface area (Å²) in [5, 5.41) is 19.7. The number of nitriles is 2. The zero-order valence-electron chi connectivity index (χ0n) is 13.5. The molecular weight excluding hydrogens is 318 g/mol. The van der Waals surface area contributed by atoms with Crippen LogP contribution in [0.3, 0.4) is 0 Å². The SMILES string of the molecule is CC(=O)C1=CN2[C@H](C(N)=O)[C@@H](c3cccnc3)C(C#N)(C#N)[C@H]2C=C1. The van der Waals surface area contributed by atoms with Gasteiger partial charge in [0.15, 0.2) is 11.2 Å². The minimum atomic E-state index is -1.53. The number of aromatic nitrogens is 1. The van der Waals surface area contributed by atoms with Crippen LogP contribution in [0.1, 0.15) is 18.4 Å². The second kappa shape index (κ2) is 5.88. The molecule has 124 valence electrons. The minimum Gasteiger partial charge on any atom is -0.368 e. The number of nitrogens with zero attached hydrogens (tertiary/aromatic N) is 4. The maximum atomic E-state index is 12.2. The van der Waals surface area contributed by atoms with Gasteiger partial charge in [0.25, 0.3) is 0 Å². The number of primary amides is 1. The van der Waals surface area contributed by atoms with Crippen molar-refractivity contribution in [2.45, 2.75) is 24.9 Å². The molecule has 3 rings (SSSR count). The van der Waals surface area contributed by atoms with Gasteiger partial charge in [0.1, 0.15) is 6.04 Å². The quantitative estimate of drug-likeness (QED) is 0.871. The molecule has 1 amide bonds. The Morgan fingerprint density at radius 1 is 1.36 bits per heavy atom. The van der Waals surface area contributed by atoms with Crippen molar-refractivity contribution >= 4 is 11.7 Å². The van der Waals surface area contributed by atoms with E-state index in [-0.39, 0.29) is 5.78 Å². The molecule has 0 saturated carbocycles. The summed E-state index contributed by atoms with van der Waals surface area (Å²) >= 11 is 0.